The summed E-state index contributed by atoms with van der Waals surface area (Å²) in [5.74, 6) is 0.287. The first-order valence-corrected chi connectivity index (χ1v) is 10.5. The fraction of sp³-hybridized carbons (Fsp3) is 0.667. The minimum atomic E-state index is -3.08. The van der Waals surface area contributed by atoms with E-state index in [1.807, 2.05) is 6.92 Å². The summed E-state index contributed by atoms with van der Waals surface area (Å²) in [7, 11) is -3.08. The maximum absolute atomic E-state index is 12.3. The second-order valence-electron chi connectivity index (χ2n) is 6.19. The molecule has 0 atom stereocenters. The van der Waals surface area contributed by atoms with Gasteiger partial charge in [0.05, 0.1) is 5.75 Å². The average Bonchev–Trinajstić information content (AvgIpc) is 2.59. The Morgan fingerprint density at radius 3 is 2.00 bits per heavy atom. The predicted octanol–water partition coefficient (Wildman–Crippen LogP) is 3.06. The molecule has 0 N–H and O–H groups in total. The van der Waals surface area contributed by atoms with Crippen molar-refractivity contribution in [2.75, 3.05) is 36.8 Å². The first kappa shape index (κ1) is 18.3. The number of nitrogens with zero attached hydrogens (tertiary/aromatic N) is 2. The van der Waals surface area contributed by atoms with E-state index in [0.717, 1.165) is 38.8 Å². The van der Waals surface area contributed by atoms with E-state index < -0.39 is 10.0 Å². The molecule has 0 saturated carbocycles. The molecule has 4 nitrogen and oxygen atoms in total. The van der Waals surface area contributed by atoms with E-state index in [1.165, 1.54) is 16.8 Å². The Morgan fingerprint density at radius 1 is 0.957 bits per heavy atom. The van der Waals surface area contributed by atoms with Crippen LogP contribution in [0.15, 0.2) is 18.2 Å². The largest absolute Gasteiger partial charge is 0.368 e. The second-order valence-corrected chi connectivity index (χ2v) is 8.28. The number of aryl methyl sites for hydroxylation is 2. The second kappa shape index (κ2) is 8.15. The third-order valence-electron chi connectivity index (χ3n) is 4.67. The summed E-state index contributed by atoms with van der Waals surface area (Å²) < 4.78 is 26.4. The van der Waals surface area contributed by atoms with Gasteiger partial charge >= 0.3 is 0 Å². The first-order valence-electron chi connectivity index (χ1n) is 8.87. The zero-order chi connectivity index (χ0) is 16.9. The van der Waals surface area contributed by atoms with E-state index in [2.05, 4.69) is 36.9 Å². The molecule has 0 amide bonds. The molecule has 1 aliphatic rings. The van der Waals surface area contributed by atoms with E-state index in [4.69, 9.17) is 0 Å². The van der Waals surface area contributed by atoms with Crippen molar-refractivity contribution in [1.82, 2.24) is 4.31 Å². The molecule has 0 aromatic heterocycles. The Labute approximate surface area is 141 Å². The average molecular weight is 339 g/mol. The summed E-state index contributed by atoms with van der Waals surface area (Å²) in [6.07, 6.45) is 3.69. The van der Waals surface area contributed by atoms with Crippen LogP contribution in [0.5, 0.6) is 0 Å². The van der Waals surface area contributed by atoms with Crippen LogP contribution in [-0.2, 0) is 22.9 Å². The van der Waals surface area contributed by atoms with Crippen LogP contribution >= 0.6 is 0 Å². The zero-order valence-electron chi connectivity index (χ0n) is 14.7. The van der Waals surface area contributed by atoms with Gasteiger partial charge in [-0.15, -0.1) is 0 Å². The highest BCUT2D eigenvalue weighted by atomic mass is 32.2. The van der Waals surface area contributed by atoms with Gasteiger partial charge in [0.1, 0.15) is 0 Å². The molecule has 1 saturated heterocycles. The van der Waals surface area contributed by atoms with Crippen LogP contribution in [0.4, 0.5) is 5.69 Å². The van der Waals surface area contributed by atoms with Gasteiger partial charge in [0.15, 0.2) is 0 Å². The van der Waals surface area contributed by atoms with Crippen LogP contribution < -0.4 is 4.90 Å². The maximum atomic E-state index is 12.3. The van der Waals surface area contributed by atoms with Crippen LogP contribution in [0, 0.1) is 0 Å². The van der Waals surface area contributed by atoms with Gasteiger partial charge in [-0.3, -0.25) is 0 Å². The summed E-state index contributed by atoms with van der Waals surface area (Å²) >= 11 is 0. The van der Waals surface area contributed by atoms with Gasteiger partial charge in [0.2, 0.25) is 10.0 Å². The quantitative estimate of drug-likeness (QED) is 0.767. The van der Waals surface area contributed by atoms with Crippen LogP contribution in [0.3, 0.4) is 0 Å². The van der Waals surface area contributed by atoms with Gasteiger partial charge in [0, 0.05) is 31.9 Å². The normalized spacial score (nSPS) is 16.7. The van der Waals surface area contributed by atoms with Gasteiger partial charge < -0.3 is 4.90 Å². The number of hydrogen-bond donors (Lipinski definition) is 0. The number of sulfonamides is 1. The highest BCUT2D eigenvalue weighted by Crippen LogP contribution is 2.28. The van der Waals surface area contributed by atoms with E-state index in [0.29, 0.717) is 13.1 Å². The first-order chi connectivity index (χ1) is 11.0. The standard InChI is InChI=1S/C18H30N2O2S/c1-4-7-15-23(21,22)20-13-11-19(12-14-20)18-16(5-2)9-8-10-17(18)6-3/h8-10H,4-7,11-15H2,1-3H3. The van der Waals surface area contributed by atoms with E-state index in [1.54, 1.807) is 4.31 Å². The molecule has 1 heterocycles. The summed E-state index contributed by atoms with van der Waals surface area (Å²) in [6, 6.07) is 6.52. The number of piperazine rings is 1. The van der Waals surface area contributed by atoms with Crippen LogP contribution in [0.1, 0.15) is 44.7 Å². The highest BCUT2D eigenvalue weighted by molar-refractivity contribution is 7.89. The molecule has 1 fully saturated rings. The molecule has 130 valence electrons. The molecular formula is C18H30N2O2S. The number of hydrogen-bond acceptors (Lipinski definition) is 3. The summed E-state index contributed by atoms with van der Waals surface area (Å²) in [4.78, 5) is 2.38. The van der Waals surface area contributed by atoms with E-state index in [9.17, 15) is 8.42 Å². The monoisotopic (exact) mass is 338 g/mol. The number of rotatable bonds is 7. The molecule has 2 rings (SSSR count). The van der Waals surface area contributed by atoms with Crippen molar-refractivity contribution >= 4 is 15.7 Å². The molecule has 1 aromatic carbocycles. The van der Waals surface area contributed by atoms with Crippen molar-refractivity contribution in [2.24, 2.45) is 0 Å². The molecule has 0 bridgehead atoms. The lowest BCUT2D eigenvalue weighted by molar-refractivity contribution is 0.383. The molecule has 23 heavy (non-hydrogen) atoms. The van der Waals surface area contributed by atoms with Crippen molar-refractivity contribution in [3.63, 3.8) is 0 Å². The van der Waals surface area contributed by atoms with Gasteiger partial charge in [-0.05, 0) is 30.4 Å². The fourth-order valence-corrected chi connectivity index (χ4v) is 4.90. The van der Waals surface area contributed by atoms with Crippen molar-refractivity contribution in [2.45, 2.75) is 46.5 Å². The molecule has 5 heteroatoms. The van der Waals surface area contributed by atoms with Crippen LogP contribution in [-0.4, -0.2) is 44.7 Å². The smallest absolute Gasteiger partial charge is 0.214 e. The fourth-order valence-electron chi connectivity index (χ4n) is 3.27. The van der Waals surface area contributed by atoms with E-state index >= 15 is 0 Å². The molecule has 0 radical (unpaired) electrons. The van der Waals surface area contributed by atoms with E-state index in [-0.39, 0.29) is 5.75 Å². The summed E-state index contributed by atoms with van der Waals surface area (Å²) in [5.41, 5.74) is 4.07. The molecule has 0 aliphatic carbocycles. The minimum absolute atomic E-state index is 0.287. The Bertz CT molecular complexity index is 583. The zero-order valence-corrected chi connectivity index (χ0v) is 15.5. The Balaban J connectivity index is 2.11. The third-order valence-corrected chi connectivity index (χ3v) is 6.63. The van der Waals surface area contributed by atoms with Crippen molar-refractivity contribution < 1.29 is 8.42 Å². The van der Waals surface area contributed by atoms with Crippen LogP contribution in [0.2, 0.25) is 0 Å². The summed E-state index contributed by atoms with van der Waals surface area (Å²) in [6.45, 7) is 9.18. The Hall–Kier alpha value is -1.07. The molecule has 1 aliphatic heterocycles. The van der Waals surface area contributed by atoms with Crippen LogP contribution in [0.25, 0.3) is 0 Å². The van der Waals surface area contributed by atoms with Gasteiger partial charge in [-0.25, -0.2) is 8.42 Å². The molecule has 0 spiro atoms. The Morgan fingerprint density at radius 2 is 1.52 bits per heavy atom. The molecule has 1 aromatic rings. The Kier molecular flexibility index (Phi) is 6.48. The minimum Gasteiger partial charge on any atom is -0.368 e. The molecule has 0 unspecified atom stereocenters. The van der Waals surface area contributed by atoms with Crippen molar-refractivity contribution in [3.05, 3.63) is 29.3 Å². The highest BCUT2D eigenvalue weighted by Gasteiger charge is 2.27. The lowest BCUT2D eigenvalue weighted by Gasteiger charge is -2.37. The number of unbranched alkanes of at least 4 members (excludes halogenated alkanes) is 1. The number of para-hydroxylation sites is 1. The third kappa shape index (κ3) is 4.27. The molecular weight excluding hydrogens is 308 g/mol. The van der Waals surface area contributed by atoms with Gasteiger partial charge in [-0.2, -0.15) is 4.31 Å². The number of anilines is 1. The SMILES string of the molecule is CCCCS(=O)(=O)N1CCN(c2c(CC)cccc2CC)CC1. The predicted molar refractivity (Wildman–Crippen MR) is 97.7 cm³/mol. The van der Waals surface area contributed by atoms with Gasteiger partial charge in [-0.1, -0.05) is 45.4 Å². The lowest BCUT2D eigenvalue weighted by Crippen LogP contribution is -2.49. The van der Waals surface area contributed by atoms with Crippen molar-refractivity contribution in [1.29, 1.82) is 0 Å². The maximum Gasteiger partial charge on any atom is 0.214 e. The number of benzene rings is 1. The lowest BCUT2D eigenvalue weighted by atomic mass is 10.0. The topological polar surface area (TPSA) is 40.6 Å². The van der Waals surface area contributed by atoms with Gasteiger partial charge in [0.25, 0.3) is 0 Å². The van der Waals surface area contributed by atoms with Crippen molar-refractivity contribution in [3.8, 4) is 0 Å². The summed E-state index contributed by atoms with van der Waals surface area (Å²) in [5, 5.41) is 0.